The van der Waals surface area contributed by atoms with Gasteiger partial charge >= 0.3 is 0 Å². The fourth-order valence-electron chi connectivity index (χ4n) is 1.98. The summed E-state index contributed by atoms with van der Waals surface area (Å²) >= 11 is 0. The Labute approximate surface area is 106 Å². The SMILES string of the molecule is C(=N\c1cc2ccccc2cn1)/N1CCOCC1. The number of ether oxygens (including phenoxy) is 1. The molecule has 1 aromatic carbocycles. The van der Waals surface area contributed by atoms with Crippen molar-refractivity contribution >= 4 is 22.9 Å². The molecule has 2 heterocycles. The Balaban J connectivity index is 1.79. The lowest BCUT2D eigenvalue weighted by molar-refractivity contribution is 0.0701. The second-order valence-corrected chi connectivity index (χ2v) is 4.28. The summed E-state index contributed by atoms with van der Waals surface area (Å²) in [4.78, 5) is 10.9. The number of rotatable bonds is 2. The van der Waals surface area contributed by atoms with E-state index in [2.05, 4.69) is 27.0 Å². The van der Waals surface area contributed by atoms with E-state index in [0.717, 1.165) is 37.5 Å². The van der Waals surface area contributed by atoms with E-state index in [1.807, 2.05) is 30.7 Å². The number of nitrogens with zero attached hydrogens (tertiary/aromatic N) is 3. The lowest BCUT2D eigenvalue weighted by Crippen LogP contribution is -2.35. The van der Waals surface area contributed by atoms with Gasteiger partial charge in [-0.1, -0.05) is 24.3 Å². The van der Waals surface area contributed by atoms with E-state index in [4.69, 9.17) is 4.74 Å². The first kappa shape index (κ1) is 11.2. The van der Waals surface area contributed by atoms with Crippen LogP contribution in [0.2, 0.25) is 0 Å². The van der Waals surface area contributed by atoms with Crippen molar-refractivity contribution in [2.75, 3.05) is 26.3 Å². The van der Waals surface area contributed by atoms with Crippen molar-refractivity contribution in [2.45, 2.75) is 0 Å². The summed E-state index contributed by atoms with van der Waals surface area (Å²) in [5, 5.41) is 2.31. The highest BCUT2D eigenvalue weighted by Gasteiger charge is 2.05. The molecule has 0 bridgehead atoms. The molecule has 3 rings (SSSR count). The van der Waals surface area contributed by atoms with E-state index < -0.39 is 0 Å². The Morgan fingerprint density at radius 2 is 1.94 bits per heavy atom. The molecule has 4 nitrogen and oxygen atoms in total. The molecule has 0 aliphatic carbocycles. The van der Waals surface area contributed by atoms with Gasteiger partial charge in [0.1, 0.15) is 0 Å². The summed E-state index contributed by atoms with van der Waals surface area (Å²) < 4.78 is 5.29. The smallest absolute Gasteiger partial charge is 0.154 e. The van der Waals surface area contributed by atoms with Crippen molar-refractivity contribution in [1.82, 2.24) is 9.88 Å². The van der Waals surface area contributed by atoms with Gasteiger partial charge in [-0.3, -0.25) is 0 Å². The van der Waals surface area contributed by atoms with Crippen molar-refractivity contribution in [3.8, 4) is 0 Å². The summed E-state index contributed by atoms with van der Waals surface area (Å²) in [7, 11) is 0. The highest BCUT2D eigenvalue weighted by Crippen LogP contribution is 2.17. The minimum atomic E-state index is 0.750. The monoisotopic (exact) mass is 241 g/mol. The Hall–Kier alpha value is -1.94. The topological polar surface area (TPSA) is 37.7 Å². The largest absolute Gasteiger partial charge is 0.378 e. The van der Waals surface area contributed by atoms with E-state index in [9.17, 15) is 0 Å². The molecule has 1 aliphatic rings. The molecular weight excluding hydrogens is 226 g/mol. The van der Waals surface area contributed by atoms with Crippen LogP contribution in [0.25, 0.3) is 10.8 Å². The van der Waals surface area contributed by atoms with E-state index in [1.165, 1.54) is 5.39 Å². The fraction of sp³-hybridized carbons (Fsp3) is 0.286. The minimum Gasteiger partial charge on any atom is -0.378 e. The van der Waals surface area contributed by atoms with Gasteiger partial charge in [0.15, 0.2) is 5.82 Å². The van der Waals surface area contributed by atoms with Crippen molar-refractivity contribution < 1.29 is 4.74 Å². The zero-order valence-electron chi connectivity index (χ0n) is 10.1. The van der Waals surface area contributed by atoms with Gasteiger partial charge in [0, 0.05) is 24.7 Å². The Morgan fingerprint density at radius 1 is 1.17 bits per heavy atom. The first-order valence-electron chi connectivity index (χ1n) is 6.12. The third kappa shape index (κ3) is 2.49. The average Bonchev–Trinajstić information content (AvgIpc) is 2.46. The molecule has 0 atom stereocenters. The van der Waals surface area contributed by atoms with Crippen LogP contribution in [0.1, 0.15) is 0 Å². The summed E-state index contributed by atoms with van der Waals surface area (Å²) in [6, 6.07) is 10.2. The van der Waals surface area contributed by atoms with Gasteiger partial charge in [-0.15, -0.1) is 0 Å². The lowest BCUT2D eigenvalue weighted by atomic mass is 10.2. The van der Waals surface area contributed by atoms with Gasteiger partial charge in [-0.25, -0.2) is 9.98 Å². The molecule has 18 heavy (non-hydrogen) atoms. The first-order valence-corrected chi connectivity index (χ1v) is 6.12. The number of benzene rings is 1. The molecule has 0 radical (unpaired) electrons. The quantitative estimate of drug-likeness (QED) is 0.597. The molecule has 1 saturated heterocycles. The van der Waals surface area contributed by atoms with E-state index >= 15 is 0 Å². The van der Waals surface area contributed by atoms with Crippen LogP contribution >= 0.6 is 0 Å². The average molecular weight is 241 g/mol. The van der Waals surface area contributed by atoms with Gasteiger partial charge in [-0.05, 0) is 11.5 Å². The molecule has 4 heteroatoms. The molecule has 0 saturated carbocycles. The molecule has 92 valence electrons. The van der Waals surface area contributed by atoms with Gasteiger partial charge in [0.2, 0.25) is 0 Å². The van der Waals surface area contributed by atoms with Gasteiger partial charge in [0.05, 0.1) is 19.6 Å². The molecule has 0 spiro atoms. The number of hydrogen-bond donors (Lipinski definition) is 0. The van der Waals surface area contributed by atoms with Crippen molar-refractivity contribution in [3.05, 3.63) is 36.5 Å². The third-order valence-electron chi connectivity index (χ3n) is 3.02. The number of fused-ring (bicyclic) bond motifs is 1. The van der Waals surface area contributed by atoms with Crippen LogP contribution in [0, 0.1) is 0 Å². The summed E-state index contributed by atoms with van der Waals surface area (Å²) in [5.74, 6) is 0.750. The van der Waals surface area contributed by atoms with Crippen LogP contribution in [0.3, 0.4) is 0 Å². The number of pyridine rings is 1. The molecule has 1 aliphatic heterocycles. The highest BCUT2D eigenvalue weighted by atomic mass is 16.5. The summed E-state index contributed by atoms with van der Waals surface area (Å²) in [6.45, 7) is 3.35. The number of aromatic nitrogens is 1. The lowest BCUT2D eigenvalue weighted by Gasteiger charge is -2.23. The molecule has 1 aromatic heterocycles. The number of morpholine rings is 1. The van der Waals surface area contributed by atoms with Crippen molar-refractivity contribution in [2.24, 2.45) is 4.99 Å². The zero-order valence-corrected chi connectivity index (χ0v) is 10.1. The van der Waals surface area contributed by atoms with Crippen LogP contribution < -0.4 is 0 Å². The van der Waals surface area contributed by atoms with E-state index in [-0.39, 0.29) is 0 Å². The molecule has 0 N–H and O–H groups in total. The van der Waals surface area contributed by atoms with E-state index in [0.29, 0.717) is 0 Å². The normalized spacial score (nSPS) is 16.6. The van der Waals surface area contributed by atoms with Gasteiger partial charge in [-0.2, -0.15) is 0 Å². The van der Waals surface area contributed by atoms with Crippen molar-refractivity contribution in [1.29, 1.82) is 0 Å². The number of aliphatic imine (C=N–C) groups is 1. The fourth-order valence-corrected chi connectivity index (χ4v) is 1.98. The predicted molar refractivity (Wildman–Crippen MR) is 72.3 cm³/mol. The minimum absolute atomic E-state index is 0.750. The van der Waals surface area contributed by atoms with Crippen LogP contribution in [-0.4, -0.2) is 42.5 Å². The first-order chi connectivity index (χ1) is 8.92. The Bertz CT molecular complexity index is 562. The number of hydrogen-bond acceptors (Lipinski definition) is 3. The van der Waals surface area contributed by atoms with Crippen molar-refractivity contribution in [3.63, 3.8) is 0 Å². The van der Waals surface area contributed by atoms with Crippen LogP contribution in [0.5, 0.6) is 0 Å². The standard InChI is InChI=1S/C14H15N3O/c1-2-4-13-10-15-14(9-12(13)3-1)16-11-17-5-7-18-8-6-17/h1-4,9-11H,5-8H2/b16-11+. The molecule has 2 aromatic rings. The molecule has 0 unspecified atom stereocenters. The second-order valence-electron chi connectivity index (χ2n) is 4.28. The molecule has 1 fully saturated rings. The maximum atomic E-state index is 5.29. The predicted octanol–water partition coefficient (Wildman–Crippen LogP) is 2.23. The Morgan fingerprint density at radius 3 is 2.78 bits per heavy atom. The Kier molecular flexibility index (Phi) is 3.19. The maximum absolute atomic E-state index is 5.29. The molecule has 0 amide bonds. The summed E-state index contributed by atoms with van der Waals surface area (Å²) in [5.41, 5.74) is 0. The maximum Gasteiger partial charge on any atom is 0.154 e. The van der Waals surface area contributed by atoms with Crippen LogP contribution in [-0.2, 0) is 4.74 Å². The molecular formula is C14H15N3O. The zero-order chi connectivity index (χ0) is 12.2. The second kappa shape index (κ2) is 5.14. The summed E-state index contributed by atoms with van der Waals surface area (Å²) in [6.07, 6.45) is 3.72. The van der Waals surface area contributed by atoms with Gasteiger partial charge < -0.3 is 9.64 Å². The highest BCUT2D eigenvalue weighted by molar-refractivity contribution is 5.83. The van der Waals surface area contributed by atoms with E-state index in [1.54, 1.807) is 0 Å². The third-order valence-corrected chi connectivity index (χ3v) is 3.02. The van der Waals surface area contributed by atoms with Gasteiger partial charge in [0.25, 0.3) is 0 Å². The van der Waals surface area contributed by atoms with Crippen LogP contribution in [0.15, 0.2) is 41.5 Å². The van der Waals surface area contributed by atoms with Crippen LogP contribution in [0.4, 0.5) is 5.82 Å².